The Kier molecular flexibility index (Phi) is 16.0. The molecule has 0 N–H and O–H groups in total. The van der Waals surface area contributed by atoms with E-state index >= 15 is 0 Å². The van der Waals surface area contributed by atoms with E-state index in [2.05, 4.69) is 411 Å². The van der Waals surface area contributed by atoms with E-state index in [9.17, 15) is 0 Å². The highest BCUT2D eigenvalue weighted by Gasteiger charge is 2.37. The molecule has 10 nitrogen and oxygen atoms in total. The first-order chi connectivity index (χ1) is 60.8. The van der Waals surface area contributed by atoms with Gasteiger partial charge in [-0.05, 0) is 196 Å². The van der Waals surface area contributed by atoms with Crippen molar-refractivity contribution in [1.82, 2.24) is 22.8 Å². The van der Waals surface area contributed by atoms with Crippen LogP contribution in [0.4, 0.5) is 34.1 Å². The van der Waals surface area contributed by atoms with Gasteiger partial charge in [-0.2, -0.15) is 0 Å². The first-order valence-corrected chi connectivity index (χ1v) is 43.2. The number of aromatic nitrogens is 5. The smallest absolute Gasteiger partial charge is 0.189 e. The molecule has 0 saturated heterocycles. The molecule has 123 heavy (non-hydrogen) atoms. The lowest BCUT2D eigenvalue weighted by atomic mass is 9.73. The molecule has 11 heterocycles. The zero-order valence-electron chi connectivity index (χ0n) is 66.9. The first-order valence-electron chi connectivity index (χ1n) is 41.6. The van der Waals surface area contributed by atoms with Crippen LogP contribution in [0, 0.1) is 0 Å². The lowest BCUT2D eigenvalue weighted by Crippen LogP contribution is -2.30. The SMILES string of the molecule is CC1(C)c2ccccc2N(c2ccc(-c3ccc4c(c3)c3cccc5c3n4-c3cocc3S5)cc2)c2ccccc21.c1ccc(-n2cc3c(c2)-n2c4ccc(-c5ccc(-n6c7ccccc7c7ccccc76)cc5)cc4c4cccc(c42)S3)cc1.c1ccc(N(c2ccccc2)c2ccc(-c3ccc4c(c3)c3cccc5c3n4-c3cocc3O5)cc2)cc1. The number of ether oxygens (including phenoxy) is 1. The molecular weight excluding hydrogens is 1540 g/mol. The van der Waals surface area contributed by atoms with Crippen LogP contribution in [0.1, 0.15) is 25.0 Å². The Morgan fingerprint density at radius 2 is 0.683 bits per heavy atom. The predicted molar refractivity (Wildman–Crippen MR) is 507 cm³/mol. The molecule has 27 rings (SSSR count). The molecule has 0 fully saturated rings. The number of hydrogen-bond donors (Lipinski definition) is 0. The number of benzene rings is 16. The van der Waals surface area contributed by atoms with Gasteiger partial charge in [-0.1, -0.05) is 256 Å². The van der Waals surface area contributed by atoms with E-state index in [1.165, 1.54) is 170 Å². The quantitative estimate of drug-likeness (QED) is 0.143. The van der Waals surface area contributed by atoms with Crippen LogP contribution >= 0.6 is 23.5 Å². The van der Waals surface area contributed by atoms with Crippen molar-refractivity contribution in [2.24, 2.45) is 0 Å². The molecule has 582 valence electrons. The Bertz CT molecular complexity index is 8050. The normalized spacial score (nSPS) is 13.0. The molecule has 0 amide bonds. The van der Waals surface area contributed by atoms with Gasteiger partial charge in [0, 0.05) is 105 Å². The molecule has 12 heteroatoms. The molecule has 4 aliphatic rings. The second-order valence-electron chi connectivity index (χ2n) is 32.5. The van der Waals surface area contributed by atoms with Gasteiger partial charge in [-0.15, -0.1) is 0 Å². The molecule has 0 radical (unpaired) electrons. The van der Waals surface area contributed by atoms with Crippen molar-refractivity contribution in [2.75, 3.05) is 9.80 Å². The van der Waals surface area contributed by atoms with Crippen LogP contribution in [-0.4, -0.2) is 22.8 Å². The van der Waals surface area contributed by atoms with Crippen molar-refractivity contribution >= 4 is 145 Å². The first kappa shape index (κ1) is 70.7. The zero-order chi connectivity index (χ0) is 81.1. The molecule has 7 aromatic heterocycles. The van der Waals surface area contributed by atoms with Gasteiger partial charge in [0.1, 0.15) is 30.7 Å². The van der Waals surface area contributed by atoms with Gasteiger partial charge >= 0.3 is 0 Å². The monoisotopic (exact) mass is 1620 g/mol. The topological polar surface area (TPSA) is 66.6 Å². The van der Waals surface area contributed by atoms with Gasteiger partial charge in [-0.3, -0.25) is 4.57 Å². The molecule has 0 saturated carbocycles. The maximum Gasteiger partial charge on any atom is 0.189 e. The van der Waals surface area contributed by atoms with Crippen LogP contribution < -0.4 is 14.5 Å². The van der Waals surface area contributed by atoms with E-state index in [4.69, 9.17) is 13.6 Å². The van der Waals surface area contributed by atoms with Crippen LogP contribution in [0.25, 0.3) is 149 Å². The largest absolute Gasteiger partial charge is 0.469 e. The van der Waals surface area contributed by atoms with Crippen molar-refractivity contribution in [3.05, 3.63) is 419 Å². The van der Waals surface area contributed by atoms with Gasteiger partial charge < -0.3 is 41.6 Å². The minimum atomic E-state index is -0.0602. The summed E-state index contributed by atoms with van der Waals surface area (Å²) in [5.41, 5.74) is 32.2. The lowest BCUT2D eigenvalue weighted by molar-refractivity contribution is 0.464. The van der Waals surface area contributed by atoms with Crippen molar-refractivity contribution in [1.29, 1.82) is 0 Å². The Labute approximate surface area is 716 Å². The van der Waals surface area contributed by atoms with E-state index < -0.39 is 0 Å². The number of hydrogen-bond acceptors (Lipinski definition) is 7. The summed E-state index contributed by atoms with van der Waals surface area (Å²) in [6.45, 7) is 4.66. The summed E-state index contributed by atoms with van der Waals surface area (Å²) in [7, 11) is 0. The van der Waals surface area contributed by atoms with Crippen molar-refractivity contribution in [3.63, 3.8) is 0 Å². The van der Waals surface area contributed by atoms with Gasteiger partial charge in [0.2, 0.25) is 0 Å². The Balaban J connectivity index is 0.000000102. The van der Waals surface area contributed by atoms with Crippen LogP contribution in [0.15, 0.2) is 436 Å². The van der Waals surface area contributed by atoms with Crippen LogP contribution in [0.3, 0.4) is 0 Å². The number of para-hydroxylation sites is 10. The fourth-order valence-corrected chi connectivity index (χ4v) is 21.7. The summed E-state index contributed by atoms with van der Waals surface area (Å²) >= 11 is 3.65. The molecular formula is C111H73N7O3S2. The summed E-state index contributed by atoms with van der Waals surface area (Å²) in [4.78, 5) is 9.69. The van der Waals surface area contributed by atoms with Crippen LogP contribution in [-0.2, 0) is 5.41 Å². The summed E-state index contributed by atoms with van der Waals surface area (Å²) in [5, 5.41) is 10.0. The highest BCUT2D eigenvalue weighted by Crippen LogP contribution is 2.55. The molecule has 23 aromatic rings. The number of nitrogens with zero attached hydrogens (tertiary/aromatic N) is 7. The Morgan fingerprint density at radius 1 is 0.260 bits per heavy atom. The maximum atomic E-state index is 6.12. The summed E-state index contributed by atoms with van der Waals surface area (Å²) < 4.78 is 28.9. The Hall–Kier alpha value is -15.3. The zero-order valence-corrected chi connectivity index (χ0v) is 68.5. The summed E-state index contributed by atoms with van der Waals surface area (Å²) in [5.74, 6) is 1.59. The number of anilines is 6. The van der Waals surface area contributed by atoms with E-state index in [1.54, 1.807) is 24.3 Å². The second kappa shape index (κ2) is 27.9. The third kappa shape index (κ3) is 11.2. The molecule has 0 spiro atoms. The third-order valence-electron chi connectivity index (χ3n) is 25.3. The second-order valence-corrected chi connectivity index (χ2v) is 34.6. The molecule has 4 aliphatic heterocycles. The fraction of sp³-hybridized carbons (Fsp3) is 0.0270. The third-order valence-corrected chi connectivity index (χ3v) is 27.5. The number of furan rings is 2. The Morgan fingerprint density at radius 3 is 1.25 bits per heavy atom. The van der Waals surface area contributed by atoms with E-state index in [0.29, 0.717) is 0 Å². The average Bonchev–Trinajstić information content (AvgIpc) is 1.57. The predicted octanol–water partition coefficient (Wildman–Crippen LogP) is 31.0. The van der Waals surface area contributed by atoms with E-state index in [1.807, 2.05) is 42.5 Å². The highest BCUT2D eigenvalue weighted by atomic mass is 32.2. The molecule has 0 bridgehead atoms. The number of fused-ring (bicyclic) bond motifs is 20. The maximum absolute atomic E-state index is 6.12. The molecule has 0 unspecified atom stereocenters. The van der Waals surface area contributed by atoms with Crippen LogP contribution in [0.5, 0.6) is 11.5 Å². The lowest BCUT2D eigenvalue weighted by Gasteiger charge is -2.42. The fourth-order valence-electron chi connectivity index (χ4n) is 19.6. The number of rotatable bonds is 9. The van der Waals surface area contributed by atoms with E-state index in [-0.39, 0.29) is 5.41 Å². The van der Waals surface area contributed by atoms with Crippen LogP contribution in [0.2, 0.25) is 0 Å². The molecule has 0 aliphatic carbocycles. The van der Waals surface area contributed by atoms with Gasteiger partial charge in [0.15, 0.2) is 11.5 Å². The highest BCUT2D eigenvalue weighted by molar-refractivity contribution is 8.00. The van der Waals surface area contributed by atoms with Crippen molar-refractivity contribution < 1.29 is 13.6 Å². The molecule has 16 aromatic carbocycles. The van der Waals surface area contributed by atoms with Crippen molar-refractivity contribution in [2.45, 2.75) is 38.8 Å². The van der Waals surface area contributed by atoms with Gasteiger partial charge in [-0.25, -0.2) is 0 Å². The van der Waals surface area contributed by atoms with Gasteiger partial charge in [0.05, 0.1) is 76.7 Å². The minimum Gasteiger partial charge on any atom is -0.469 e. The standard InChI is InChI=1S/C40H25N3S.C37H26N2OS.C34H22N2O2/c1-2-9-28(10-3-1)41-24-37-39(25-41)44-38-16-8-13-32-33-23-27(19-22-36(33)43(37)40(32)38)26-17-20-29(21-18-26)42-34-14-6-4-11-30(34)31-12-5-7-15-35(31)42;1-37(2)28-9-3-5-11-31(28)38(32-12-6-4-10-29(32)37)25-17-14-23(15-18-25)24-16-19-30-27(20-24)26-8-7-13-34-36(26)39(30)33-21-40-22-35(33)41-34;1-3-8-25(9-4-1)35(26-10-5-2-6-11-26)27-17-14-23(15-18-27)24-16-19-30-29(20-24)28-12-7-13-32-34(28)36(30)31-21-37-22-33(31)38-32/h1-25H;3-22H,1-2H3;1-22H. The average molecular weight is 1620 g/mol. The summed E-state index contributed by atoms with van der Waals surface area (Å²) in [6.07, 6.45) is 11.7. The van der Waals surface area contributed by atoms with Crippen molar-refractivity contribution in [3.8, 4) is 73.3 Å². The summed E-state index contributed by atoms with van der Waals surface area (Å²) in [6, 6.07) is 133. The minimum absolute atomic E-state index is 0.0602. The van der Waals surface area contributed by atoms with E-state index in [0.717, 1.165) is 55.9 Å². The van der Waals surface area contributed by atoms with Gasteiger partial charge in [0.25, 0.3) is 0 Å². The molecule has 0 atom stereocenters.